The van der Waals surface area contributed by atoms with Crippen LogP contribution in [-0.4, -0.2) is 53.1 Å². The molecular weight excluding hydrogens is 382 g/mol. The summed E-state index contributed by atoms with van der Waals surface area (Å²) in [5, 5.41) is 2.01. The lowest BCUT2D eigenvalue weighted by atomic mass is 9.89. The number of hydrogen-bond donors (Lipinski definition) is 0. The highest BCUT2D eigenvalue weighted by Gasteiger charge is 2.37. The van der Waals surface area contributed by atoms with Gasteiger partial charge in [-0.3, -0.25) is 4.31 Å². The van der Waals surface area contributed by atoms with Crippen LogP contribution >= 0.6 is 0 Å². The van der Waals surface area contributed by atoms with Crippen LogP contribution in [0, 0.1) is 5.92 Å². The van der Waals surface area contributed by atoms with Gasteiger partial charge in [-0.05, 0) is 57.0 Å². The number of likely N-dealkylation sites (N-methyl/N-ethyl adjacent to an activating group) is 1. The highest BCUT2D eigenvalue weighted by Crippen LogP contribution is 2.46. The van der Waals surface area contributed by atoms with Crippen LogP contribution in [0.2, 0.25) is 0 Å². The van der Waals surface area contributed by atoms with E-state index < -0.39 is 10.0 Å². The van der Waals surface area contributed by atoms with Gasteiger partial charge in [-0.25, -0.2) is 8.42 Å². The lowest BCUT2D eigenvalue weighted by Gasteiger charge is -2.28. The molecule has 156 valence electrons. The summed E-state index contributed by atoms with van der Waals surface area (Å²) in [6.45, 7) is 4.77. The van der Waals surface area contributed by atoms with Crippen LogP contribution in [0.3, 0.4) is 0 Å². The molecule has 0 amide bonds. The van der Waals surface area contributed by atoms with Crippen molar-refractivity contribution in [3.05, 3.63) is 30.3 Å². The summed E-state index contributed by atoms with van der Waals surface area (Å²) in [5.74, 6) is 0.476. The monoisotopic (exact) mass is 413 g/mol. The maximum absolute atomic E-state index is 13.4. The predicted molar refractivity (Wildman–Crippen MR) is 119 cm³/mol. The van der Waals surface area contributed by atoms with Crippen molar-refractivity contribution in [3.63, 3.8) is 0 Å². The second-order valence-electron chi connectivity index (χ2n) is 8.97. The van der Waals surface area contributed by atoms with Gasteiger partial charge < -0.3 is 9.80 Å². The van der Waals surface area contributed by atoms with E-state index in [-0.39, 0.29) is 0 Å². The van der Waals surface area contributed by atoms with Crippen LogP contribution < -0.4 is 9.21 Å². The third-order valence-corrected chi connectivity index (χ3v) is 8.83. The second kappa shape index (κ2) is 7.47. The van der Waals surface area contributed by atoms with Crippen molar-refractivity contribution >= 4 is 32.2 Å². The van der Waals surface area contributed by atoms with Crippen molar-refractivity contribution < 1.29 is 8.42 Å². The Hall–Kier alpha value is -1.79. The van der Waals surface area contributed by atoms with Gasteiger partial charge in [-0.15, -0.1) is 0 Å². The first-order chi connectivity index (χ1) is 14.1. The summed E-state index contributed by atoms with van der Waals surface area (Å²) in [4.78, 5) is 5.30. The smallest absolute Gasteiger partial charge is 0.265 e. The quantitative estimate of drug-likeness (QED) is 0.761. The average molecular weight is 414 g/mol. The van der Waals surface area contributed by atoms with Crippen LogP contribution in [0.1, 0.15) is 38.5 Å². The maximum atomic E-state index is 13.4. The molecule has 2 aromatic carbocycles. The molecule has 0 atom stereocenters. The molecule has 0 spiro atoms. The molecule has 3 aliphatic rings. The lowest BCUT2D eigenvalue weighted by molar-refractivity contribution is 0.360. The molecule has 5 nitrogen and oxygen atoms in total. The Bertz CT molecular complexity index is 1010. The molecular formula is C23H31N3O2S. The van der Waals surface area contributed by atoms with E-state index in [0.717, 1.165) is 61.9 Å². The Labute approximate surface area is 174 Å². The molecule has 6 heteroatoms. The number of anilines is 2. The van der Waals surface area contributed by atoms with E-state index in [4.69, 9.17) is 0 Å². The molecule has 1 aliphatic carbocycles. The fourth-order valence-corrected chi connectivity index (χ4v) is 7.15. The van der Waals surface area contributed by atoms with E-state index >= 15 is 0 Å². The molecule has 1 saturated carbocycles. The van der Waals surface area contributed by atoms with Crippen LogP contribution in [0.25, 0.3) is 10.8 Å². The molecule has 2 heterocycles. The number of hydrogen-bond acceptors (Lipinski definition) is 4. The van der Waals surface area contributed by atoms with Crippen molar-refractivity contribution in [1.82, 2.24) is 4.90 Å². The average Bonchev–Trinajstić information content (AvgIpc) is 2.86. The van der Waals surface area contributed by atoms with Crippen molar-refractivity contribution in [2.24, 2.45) is 5.92 Å². The number of nitrogens with zero attached hydrogens (tertiary/aromatic N) is 3. The zero-order chi connectivity index (χ0) is 20.0. The van der Waals surface area contributed by atoms with Crippen molar-refractivity contribution in [2.75, 3.05) is 49.0 Å². The molecule has 1 saturated heterocycles. The molecule has 5 rings (SSSR count). The third-order valence-electron chi connectivity index (χ3n) is 7.00. The van der Waals surface area contributed by atoms with E-state index in [1.54, 1.807) is 10.4 Å². The first kappa shape index (κ1) is 19.2. The minimum absolute atomic E-state index is 0.476. The van der Waals surface area contributed by atoms with Gasteiger partial charge in [0.25, 0.3) is 10.0 Å². The number of benzene rings is 2. The Kier molecular flexibility index (Phi) is 4.95. The standard InChI is InChI=1S/C23H31N3O2S/c1-24-13-6-14-25(16-15-24)20-11-12-21-23-19(20)9-5-10-22(23)29(27,28)26(21)17-18-7-3-2-4-8-18/h5,9-12,18H,2-4,6-8,13-17H2,1H3. The van der Waals surface area contributed by atoms with Gasteiger partial charge >= 0.3 is 0 Å². The van der Waals surface area contributed by atoms with Crippen LogP contribution in [0.5, 0.6) is 0 Å². The fourth-order valence-electron chi connectivity index (χ4n) is 5.37. The highest BCUT2D eigenvalue weighted by atomic mass is 32.2. The first-order valence-electron chi connectivity index (χ1n) is 11.1. The van der Waals surface area contributed by atoms with Gasteiger partial charge in [0.2, 0.25) is 0 Å². The van der Waals surface area contributed by atoms with E-state index in [1.807, 2.05) is 6.07 Å². The van der Waals surface area contributed by atoms with Crippen molar-refractivity contribution in [2.45, 2.75) is 43.4 Å². The van der Waals surface area contributed by atoms with E-state index in [2.05, 4.69) is 35.0 Å². The van der Waals surface area contributed by atoms with E-state index in [0.29, 0.717) is 17.4 Å². The first-order valence-corrected chi connectivity index (χ1v) is 12.5. The topological polar surface area (TPSA) is 43.9 Å². The second-order valence-corrected chi connectivity index (χ2v) is 10.8. The molecule has 2 fully saturated rings. The molecule has 0 unspecified atom stereocenters. The summed E-state index contributed by atoms with van der Waals surface area (Å²) in [7, 11) is -1.28. The zero-order valence-electron chi connectivity index (χ0n) is 17.3. The lowest BCUT2D eigenvalue weighted by Crippen LogP contribution is -2.33. The zero-order valence-corrected chi connectivity index (χ0v) is 18.1. The largest absolute Gasteiger partial charge is 0.370 e. The third kappa shape index (κ3) is 3.30. The molecule has 0 N–H and O–H groups in total. The van der Waals surface area contributed by atoms with Gasteiger partial charge in [-0.1, -0.05) is 31.4 Å². The molecule has 2 aliphatic heterocycles. The van der Waals surface area contributed by atoms with Crippen molar-refractivity contribution in [3.8, 4) is 0 Å². The van der Waals surface area contributed by atoms with Gasteiger partial charge in [0.15, 0.2) is 0 Å². The van der Waals surface area contributed by atoms with Crippen LogP contribution in [-0.2, 0) is 10.0 Å². The van der Waals surface area contributed by atoms with Gasteiger partial charge in [0.05, 0.1) is 10.6 Å². The summed E-state index contributed by atoms with van der Waals surface area (Å²) in [6, 6.07) is 10.0. The summed E-state index contributed by atoms with van der Waals surface area (Å²) >= 11 is 0. The number of sulfonamides is 1. The molecule has 29 heavy (non-hydrogen) atoms. The highest BCUT2D eigenvalue weighted by molar-refractivity contribution is 7.93. The van der Waals surface area contributed by atoms with Gasteiger partial charge in [-0.2, -0.15) is 0 Å². The fraction of sp³-hybridized carbons (Fsp3) is 0.565. The Morgan fingerprint density at radius 2 is 1.69 bits per heavy atom. The summed E-state index contributed by atoms with van der Waals surface area (Å²) in [6.07, 6.45) is 7.15. The van der Waals surface area contributed by atoms with E-state index in [1.165, 1.54) is 24.9 Å². The predicted octanol–water partition coefficient (Wildman–Crippen LogP) is 4.07. The molecule has 0 bridgehead atoms. The molecule has 0 aromatic heterocycles. The Morgan fingerprint density at radius 3 is 2.52 bits per heavy atom. The maximum Gasteiger partial charge on any atom is 0.265 e. The molecule has 0 radical (unpaired) electrons. The molecule has 2 aromatic rings. The minimum atomic E-state index is -3.45. The van der Waals surface area contributed by atoms with Crippen molar-refractivity contribution in [1.29, 1.82) is 0 Å². The van der Waals surface area contributed by atoms with Crippen LogP contribution in [0.4, 0.5) is 11.4 Å². The Morgan fingerprint density at radius 1 is 0.897 bits per heavy atom. The van der Waals surface area contributed by atoms with Crippen LogP contribution in [0.15, 0.2) is 35.2 Å². The van der Waals surface area contributed by atoms with E-state index in [9.17, 15) is 8.42 Å². The summed E-state index contributed by atoms with van der Waals surface area (Å²) in [5.41, 5.74) is 2.06. The number of rotatable bonds is 3. The Balaban J connectivity index is 1.56. The van der Waals surface area contributed by atoms with Gasteiger partial charge in [0, 0.05) is 42.6 Å². The minimum Gasteiger partial charge on any atom is -0.370 e. The SMILES string of the molecule is CN1CCCN(c2ccc3c4c(cccc24)S(=O)(=O)N3CC2CCCCC2)CC1. The van der Waals surface area contributed by atoms with Gasteiger partial charge in [0.1, 0.15) is 0 Å². The normalized spacial score (nSPS) is 22.9. The summed E-state index contributed by atoms with van der Waals surface area (Å²) < 4.78 is 28.6.